The van der Waals surface area contributed by atoms with E-state index in [1.54, 1.807) is 0 Å². The second-order valence-electron chi connectivity index (χ2n) is 3.37. The number of rotatable bonds is 2. The van der Waals surface area contributed by atoms with E-state index in [4.69, 9.17) is 29.0 Å². The maximum absolute atomic E-state index is 10.4. The van der Waals surface area contributed by atoms with Gasteiger partial charge < -0.3 is 24.5 Å². The van der Waals surface area contributed by atoms with Crippen LogP contribution in [0.2, 0.25) is 0 Å². The Balaban J connectivity index is 0.000000385. The van der Waals surface area contributed by atoms with Crippen molar-refractivity contribution in [2.24, 2.45) is 0 Å². The van der Waals surface area contributed by atoms with Crippen LogP contribution in [0.25, 0.3) is 0 Å². The zero-order valence-electron chi connectivity index (χ0n) is 8.47. The molecule has 1 fully saturated rings. The Morgan fingerprint density at radius 1 is 0.875 bits per heavy atom. The lowest BCUT2D eigenvalue weighted by atomic mass is 9.98. The average molecular weight is 278 g/mol. The topological polar surface area (TPSA) is 145 Å². The predicted octanol–water partition coefficient (Wildman–Crippen LogP) is 0.500. The maximum Gasteiger partial charge on any atom is 0.469 e. The Kier molecular flexibility index (Phi) is 6.93. The number of phosphoric ester groups is 1. The molecule has 16 heavy (non-hydrogen) atoms. The molecule has 0 unspecified atom stereocenters. The van der Waals surface area contributed by atoms with Crippen molar-refractivity contribution in [2.75, 3.05) is 0 Å². The lowest BCUT2D eigenvalue weighted by Crippen LogP contribution is -2.14. The van der Waals surface area contributed by atoms with E-state index in [9.17, 15) is 4.57 Å². The van der Waals surface area contributed by atoms with E-state index in [0.29, 0.717) is 0 Å². The summed E-state index contributed by atoms with van der Waals surface area (Å²) in [5.74, 6) is 0. The first kappa shape index (κ1) is 16.2. The molecule has 0 bridgehead atoms. The first-order valence-corrected chi connectivity index (χ1v) is 7.70. The highest BCUT2D eigenvalue weighted by molar-refractivity contribution is 7.46. The lowest BCUT2D eigenvalue weighted by molar-refractivity contribution is 0.104. The molecule has 0 aliphatic heterocycles. The largest absolute Gasteiger partial charge is 0.469 e. The number of hydrogen-bond donors (Lipinski definition) is 5. The standard InChI is InChI=1S/C6H13O4P.H3O4P/c7-11(8,9)10-6-4-2-1-3-5-6;1-5(2,3)4/h6H,1-5H2,(H2,7,8,9);(H3,1,2,3,4). The quantitative estimate of drug-likeness (QED) is 0.459. The Morgan fingerprint density at radius 3 is 1.56 bits per heavy atom. The zero-order valence-corrected chi connectivity index (χ0v) is 10.3. The average Bonchev–Trinajstić information content (AvgIpc) is 1.99. The van der Waals surface area contributed by atoms with E-state index in [1.165, 1.54) is 0 Å². The molecule has 0 atom stereocenters. The molecule has 0 spiro atoms. The minimum atomic E-state index is -4.64. The molecule has 1 aliphatic rings. The molecule has 0 radical (unpaired) electrons. The van der Waals surface area contributed by atoms with Gasteiger partial charge in [0.15, 0.2) is 0 Å². The number of hydrogen-bond acceptors (Lipinski definition) is 3. The molecule has 1 saturated carbocycles. The monoisotopic (exact) mass is 278 g/mol. The minimum Gasteiger partial charge on any atom is -0.303 e. The van der Waals surface area contributed by atoms with Gasteiger partial charge in [-0.1, -0.05) is 19.3 Å². The van der Waals surface area contributed by atoms with Gasteiger partial charge in [-0.3, -0.25) is 4.52 Å². The molecule has 8 nitrogen and oxygen atoms in total. The van der Waals surface area contributed by atoms with Gasteiger partial charge >= 0.3 is 15.6 Å². The molecule has 0 heterocycles. The molecule has 0 amide bonds. The fourth-order valence-corrected chi connectivity index (χ4v) is 1.96. The Bertz CT molecular complexity index is 266. The molecule has 0 saturated heterocycles. The first-order chi connectivity index (χ1) is 7.08. The molecule has 1 rings (SSSR count). The summed E-state index contributed by atoms with van der Waals surface area (Å²) in [7, 11) is -8.87. The van der Waals surface area contributed by atoms with Crippen molar-refractivity contribution < 1.29 is 38.1 Å². The molecule has 10 heteroatoms. The Labute approximate surface area is 92.7 Å². The lowest BCUT2D eigenvalue weighted by Gasteiger charge is -2.21. The van der Waals surface area contributed by atoms with Crippen molar-refractivity contribution >= 4 is 15.6 Å². The SMILES string of the molecule is O=P(O)(O)O.O=P(O)(O)OC1CCCCC1. The van der Waals surface area contributed by atoms with Crippen molar-refractivity contribution in [3.05, 3.63) is 0 Å². The third-order valence-electron chi connectivity index (χ3n) is 1.84. The van der Waals surface area contributed by atoms with Gasteiger partial charge in [0.25, 0.3) is 0 Å². The van der Waals surface area contributed by atoms with Crippen LogP contribution >= 0.6 is 15.6 Å². The summed E-state index contributed by atoms with van der Waals surface area (Å²) in [6.07, 6.45) is 4.54. The minimum absolute atomic E-state index is 0.218. The van der Waals surface area contributed by atoms with Crippen LogP contribution in [-0.4, -0.2) is 30.6 Å². The second kappa shape index (κ2) is 6.83. The summed E-state index contributed by atoms with van der Waals surface area (Å²) in [5.41, 5.74) is 0. The van der Waals surface area contributed by atoms with Gasteiger partial charge in [-0.2, -0.15) is 0 Å². The van der Waals surface area contributed by atoms with Crippen molar-refractivity contribution in [2.45, 2.75) is 38.2 Å². The van der Waals surface area contributed by atoms with Crippen molar-refractivity contribution in [1.29, 1.82) is 0 Å². The summed E-state index contributed by atoms with van der Waals surface area (Å²) in [5, 5.41) is 0. The first-order valence-electron chi connectivity index (χ1n) is 4.60. The van der Waals surface area contributed by atoms with E-state index in [2.05, 4.69) is 4.52 Å². The van der Waals surface area contributed by atoms with Gasteiger partial charge in [0, 0.05) is 0 Å². The van der Waals surface area contributed by atoms with Crippen molar-refractivity contribution in [3.63, 3.8) is 0 Å². The highest BCUT2D eigenvalue weighted by atomic mass is 31.2. The summed E-state index contributed by atoms with van der Waals surface area (Å²) in [4.78, 5) is 38.5. The van der Waals surface area contributed by atoms with E-state index in [1.807, 2.05) is 0 Å². The third-order valence-corrected chi connectivity index (χ3v) is 2.41. The normalized spacial score (nSPS) is 18.8. The summed E-state index contributed by atoms with van der Waals surface area (Å²) < 4.78 is 23.8. The van der Waals surface area contributed by atoms with Gasteiger partial charge in [0.1, 0.15) is 0 Å². The van der Waals surface area contributed by atoms with Crippen LogP contribution in [0.15, 0.2) is 0 Å². The Hall–Kier alpha value is 0.220. The fraction of sp³-hybridized carbons (Fsp3) is 1.00. The van der Waals surface area contributed by atoms with Crippen LogP contribution < -0.4 is 0 Å². The molecule has 0 aromatic heterocycles. The summed E-state index contributed by atoms with van der Waals surface area (Å²) >= 11 is 0. The zero-order chi connectivity index (χ0) is 12.8. The van der Waals surface area contributed by atoms with E-state index >= 15 is 0 Å². The van der Waals surface area contributed by atoms with Crippen molar-refractivity contribution in [1.82, 2.24) is 0 Å². The second-order valence-corrected chi connectivity index (χ2v) is 5.59. The summed E-state index contributed by atoms with van der Waals surface area (Å²) in [6, 6.07) is 0. The highest BCUT2D eigenvalue weighted by Gasteiger charge is 2.23. The van der Waals surface area contributed by atoms with E-state index < -0.39 is 15.6 Å². The molecule has 0 aromatic rings. The molecule has 5 N–H and O–H groups in total. The van der Waals surface area contributed by atoms with Crippen LogP contribution in [0.4, 0.5) is 0 Å². The molecular formula is C6H16O8P2. The van der Waals surface area contributed by atoms with Crippen LogP contribution in [0.3, 0.4) is 0 Å². The smallest absolute Gasteiger partial charge is 0.303 e. The fourth-order valence-electron chi connectivity index (χ4n) is 1.36. The molecule has 1 aliphatic carbocycles. The highest BCUT2D eigenvalue weighted by Crippen LogP contribution is 2.40. The van der Waals surface area contributed by atoms with Crippen LogP contribution in [0, 0.1) is 0 Å². The molecule has 0 aromatic carbocycles. The van der Waals surface area contributed by atoms with E-state index in [-0.39, 0.29) is 6.10 Å². The Morgan fingerprint density at radius 2 is 1.25 bits per heavy atom. The summed E-state index contributed by atoms with van der Waals surface area (Å²) in [6.45, 7) is 0. The van der Waals surface area contributed by atoms with Gasteiger partial charge in [-0.25, -0.2) is 9.13 Å². The van der Waals surface area contributed by atoms with Gasteiger partial charge in [-0.15, -0.1) is 0 Å². The van der Waals surface area contributed by atoms with E-state index in [0.717, 1.165) is 32.1 Å². The van der Waals surface area contributed by atoms with Crippen LogP contribution in [0.1, 0.15) is 32.1 Å². The van der Waals surface area contributed by atoms with Crippen molar-refractivity contribution in [3.8, 4) is 0 Å². The third kappa shape index (κ3) is 14.2. The molecular weight excluding hydrogens is 262 g/mol. The van der Waals surface area contributed by atoms with Gasteiger partial charge in [0.2, 0.25) is 0 Å². The predicted molar refractivity (Wildman–Crippen MR) is 54.3 cm³/mol. The van der Waals surface area contributed by atoms with Gasteiger partial charge in [0.05, 0.1) is 6.10 Å². The van der Waals surface area contributed by atoms with Gasteiger partial charge in [-0.05, 0) is 12.8 Å². The van der Waals surface area contributed by atoms with Crippen LogP contribution in [-0.2, 0) is 13.7 Å². The van der Waals surface area contributed by atoms with Crippen LogP contribution in [0.5, 0.6) is 0 Å². The maximum atomic E-state index is 10.4. The molecule has 98 valence electrons. The number of phosphoric acid groups is 2.